The van der Waals surface area contributed by atoms with Crippen molar-refractivity contribution in [3.63, 3.8) is 0 Å². The summed E-state index contributed by atoms with van der Waals surface area (Å²) in [4.78, 5) is 11.8. The van der Waals surface area contributed by atoms with E-state index in [1.165, 1.54) is 6.92 Å². The molecule has 0 heterocycles. The summed E-state index contributed by atoms with van der Waals surface area (Å²) in [5, 5.41) is 2.87. The number of carbonyl (C=O) groups is 1. The number of hydrogen-bond donors (Lipinski definition) is 1. The molecule has 126 valence electrons. The number of rotatable bonds is 4. The SMILES string of the molecule is CC(=O)NCC1CCCc2cc(S(=O)(=O)c3ccccc3)ccc21. The first-order valence-corrected chi connectivity index (χ1v) is 9.64. The maximum atomic E-state index is 12.8. The molecule has 0 aliphatic heterocycles. The summed E-state index contributed by atoms with van der Waals surface area (Å²) >= 11 is 0. The molecule has 0 aromatic heterocycles. The zero-order chi connectivity index (χ0) is 17.2. The summed E-state index contributed by atoms with van der Waals surface area (Å²) in [5.41, 5.74) is 2.23. The van der Waals surface area contributed by atoms with E-state index in [0.717, 1.165) is 30.4 Å². The fraction of sp³-hybridized carbons (Fsp3) is 0.316. The van der Waals surface area contributed by atoms with Crippen LogP contribution >= 0.6 is 0 Å². The molecule has 1 atom stereocenters. The molecule has 2 aromatic carbocycles. The van der Waals surface area contributed by atoms with Crippen molar-refractivity contribution in [2.75, 3.05) is 6.54 Å². The van der Waals surface area contributed by atoms with Gasteiger partial charge in [0.15, 0.2) is 0 Å². The highest BCUT2D eigenvalue weighted by Crippen LogP contribution is 2.33. The number of nitrogens with one attached hydrogen (secondary N) is 1. The van der Waals surface area contributed by atoms with Gasteiger partial charge in [-0.1, -0.05) is 24.3 Å². The maximum Gasteiger partial charge on any atom is 0.216 e. The third-order valence-electron chi connectivity index (χ3n) is 4.51. The lowest BCUT2D eigenvalue weighted by molar-refractivity contribution is -0.119. The van der Waals surface area contributed by atoms with Crippen LogP contribution in [0.15, 0.2) is 58.3 Å². The second kappa shape index (κ2) is 6.77. The zero-order valence-corrected chi connectivity index (χ0v) is 14.5. The molecule has 1 aliphatic rings. The van der Waals surface area contributed by atoms with Gasteiger partial charge in [-0.3, -0.25) is 4.79 Å². The van der Waals surface area contributed by atoms with E-state index in [9.17, 15) is 13.2 Å². The standard InChI is InChI=1S/C19H21NO3S/c1-14(21)20-13-16-7-5-6-15-12-18(10-11-19(15)16)24(22,23)17-8-3-2-4-9-17/h2-4,8-12,16H,5-7,13H2,1H3,(H,20,21). The van der Waals surface area contributed by atoms with Crippen LogP contribution < -0.4 is 5.32 Å². The molecule has 0 spiro atoms. The Labute approximate surface area is 142 Å². The van der Waals surface area contributed by atoms with Gasteiger partial charge in [0.25, 0.3) is 0 Å². The van der Waals surface area contributed by atoms with Crippen molar-refractivity contribution in [1.82, 2.24) is 5.32 Å². The molecule has 1 aliphatic carbocycles. The first-order valence-electron chi connectivity index (χ1n) is 8.16. The number of carbonyl (C=O) groups excluding carboxylic acids is 1. The van der Waals surface area contributed by atoms with Crippen molar-refractivity contribution >= 4 is 15.7 Å². The van der Waals surface area contributed by atoms with Gasteiger partial charge in [-0.2, -0.15) is 0 Å². The van der Waals surface area contributed by atoms with Crippen molar-refractivity contribution in [2.24, 2.45) is 0 Å². The number of benzene rings is 2. The Balaban J connectivity index is 1.93. The van der Waals surface area contributed by atoms with Crippen molar-refractivity contribution in [2.45, 2.75) is 41.9 Å². The summed E-state index contributed by atoms with van der Waals surface area (Å²) in [7, 11) is -3.49. The molecular formula is C19H21NO3S. The third-order valence-corrected chi connectivity index (χ3v) is 6.28. The number of hydrogen-bond acceptors (Lipinski definition) is 3. The molecule has 0 fully saturated rings. The maximum absolute atomic E-state index is 12.8. The Morgan fingerprint density at radius 2 is 1.88 bits per heavy atom. The van der Waals surface area contributed by atoms with E-state index in [0.29, 0.717) is 16.3 Å². The average Bonchev–Trinajstić information content (AvgIpc) is 2.60. The van der Waals surface area contributed by atoms with Crippen LogP contribution in [0.5, 0.6) is 0 Å². The van der Waals surface area contributed by atoms with Gasteiger partial charge in [0.2, 0.25) is 15.7 Å². The smallest absolute Gasteiger partial charge is 0.216 e. The van der Waals surface area contributed by atoms with Gasteiger partial charge in [-0.05, 0) is 54.7 Å². The summed E-state index contributed by atoms with van der Waals surface area (Å²) < 4.78 is 25.5. The van der Waals surface area contributed by atoms with Crippen molar-refractivity contribution in [1.29, 1.82) is 0 Å². The predicted octanol–water partition coefficient (Wildman–Crippen LogP) is 3.08. The molecule has 0 bridgehead atoms. The lowest BCUT2D eigenvalue weighted by Crippen LogP contribution is -2.28. The first-order chi connectivity index (χ1) is 11.5. The number of amides is 1. The summed E-state index contributed by atoms with van der Waals surface area (Å²) in [6, 6.07) is 13.9. The predicted molar refractivity (Wildman–Crippen MR) is 92.7 cm³/mol. The van der Waals surface area contributed by atoms with Crippen LogP contribution in [0, 0.1) is 0 Å². The fourth-order valence-electron chi connectivity index (χ4n) is 3.27. The molecule has 2 aromatic rings. The highest BCUT2D eigenvalue weighted by Gasteiger charge is 2.24. The molecule has 1 unspecified atom stereocenters. The minimum absolute atomic E-state index is 0.0367. The minimum Gasteiger partial charge on any atom is -0.356 e. The van der Waals surface area contributed by atoms with Gasteiger partial charge in [-0.15, -0.1) is 0 Å². The Bertz CT molecular complexity index is 844. The minimum atomic E-state index is -3.49. The monoisotopic (exact) mass is 343 g/mol. The Morgan fingerprint density at radius 1 is 1.12 bits per heavy atom. The average molecular weight is 343 g/mol. The number of fused-ring (bicyclic) bond motifs is 1. The summed E-state index contributed by atoms with van der Waals surface area (Å²) in [5.74, 6) is 0.219. The molecule has 4 nitrogen and oxygen atoms in total. The third kappa shape index (κ3) is 3.36. The normalized spacial score (nSPS) is 17.1. The van der Waals surface area contributed by atoms with Crippen molar-refractivity contribution < 1.29 is 13.2 Å². The Kier molecular flexibility index (Phi) is 4.71. The van der Waals surface area contributed by atoms with Crippen LogP contribution in [0.4, 0.5) is 0 Å². The van der Waals surface area contributed by atoms with Crippen LogP contribution in [0.3, 0.4) is 0 Å². The van der Waals surface area contributed by atoms with Gasteiger partial charge in [0, 0.05) is 19.4 Å². The molecule has 5 heteroatoms. The topological polar surface area (TPSA) is 63.2 Å². The van der Waals surface area contributed by atoms with Crippen LogP contribution in [0.2, 0.25) is 0 Å². The molecule has 3 rings (SSSR count). The summed E-state index contributed by atoms with van der Waals surface area (Å²) in [6.07, 6.45) is 2.90. The van der Waals surface area contributed by atoms with Crippen LogP contribution in [-0.4, -0.2) is 20.9 Å². The second-order valence-corrected chi connectivity index (χ2v) is 8.15. The largest absolute Gasteiger partial charge is 0.356 e. The second-order valence-electron chi connectivity index (χ2n) is 6.20. The molecule has 1 amide bonds. The van der Waals surface area contributed by atoms with Gasteiger partial charge >= 0.3 is 0 Å². The van der Waals surface area contributed by atoms with E-state index >= 15 is 0 Å². The van der Waals surface area contributed by atoms with Crippen LogP contribution in [0.25, 0.3) is 0 Å². The van der Waals surface area contributed by atoms with Crippen LogP contribution in [-0.2, 0) is 21.1 Å². The van der Waals surface area contributed by atoms with E-state index in [1.54, 1.807) is 42.5 Å². The summed E-state index contributed by atoms with van der Waals surface area (Å²) in [6.45, 7) is 2.12. The van der Waals surface area contributed by atoms with Crippen molar-refractivity contribution in [3.8, 4) is 0 Å². The Hall–Kier alpha value is -2.14. The van der Waals surface area contributed by atoms with Gasteiger partial charge < -0.3 is 5.32 Å². The molecular weight excluding hydrogens is 322 g/mol. The number of aryl methyl sites for hydroxylation is 1. The first kappa shape index (κ1) is 16.7. The fourth-order valence-corrected chi connectivity index (χ4v) is 4.61. The van der Waals surface area contributed by atoms with Crippen LogP contribution in [0.1, 0.15) is 36.8 Å². The van der Waals surface area contributed by atoms with Gasteiger partial charge in [0.05, 0.1) is 9.79 Å². The van der Waals surface area contributed by atoms with E-state index in [-0.39, 0.29) is 11.8 Å². The molecule has 1 N–H and O–H groups in total. The van der Waals surface area contributed by atoms with Gasteiger partial charge in [0.1, 0.15) is 0 Å². The molecule has 24 heavy (non-hydrogen) atoms. The molecule has 0 radical (unpaired) electrons. The number of sulfone groups is 1. The van der Waals surface area contributed by atoms with E-state index in [2.05, 4.69) is 5.32 Å². The van der Waals surface area contributed by atoms with Crippen molar-refractivity contribution in [3.05, 3.63) is 59.7 Å². The highest BCUT2D eigenvalue weighted by molar-refractivity contribution is 7.91. The van der Waals surface area contributed by atoms with E-state index in [1.807, 2.05) is 6.07 Å². The van der Waals surface area contributed by atoms with Gasteiger partial charge in [-0.25, -0.2) is 8.42 Å². The molecule has 0 saturated heterocycles. The lowest BCUT2D eigenvalue weighted by atomic mass is 9.83. The van der Waals surface area contributed by atoms with E-state index in [4.69, 9.17) is 0 Å². The Morgan fingerprint density at radius 3 is 2.58 bits per heavy atom. The molecule has 0 saturated carbocycles. The zero-order valence-electron chi connectivity index (χ0n) is 13.7. The lowest BCUT2D eigenvalue weighted by Gasteiger charge is -2.26. The highest BCUT2D eigenvalue weighted by atomic mass is 32.2. The quantitative estimate of drug-likeness (QED) is 0.928. The van der Waals surface area contributed by atoms with E-state index < -0.39 is 9.84 Å².